The first-order valence-electron chi connectivity index (χ1n) is 11.7. The van der Waals surface area contributed by atoms with Gasteiger partial charge in [0.15, 0.2) is 6.61 Å². The van der Waals surface area contributed by atoms with Crippen LogP contribution >= 0.6 is 23.5 Å². The van der Waals surface area contributed by atoms with E-state index < -0.39 is 0 Å². The maximum Gasteiger partial charge on any atom is 0.258 e. The minimum Gasteiger partial charge on any atom is -0.484 e. The number of carbonyl (C=O) groups excluding carboxylic acids is 1. The molecule has 2 aromatic carbocycles. The van der Waals surface area contributed by atoms with Gasteiger partial charge in [-0.1, -0.05) is 43.3 Å². The van der Waals surface area contributed by atoms with Crippen molar-refractivity contribution in [2.24, 2.45) is 5.92 Å². The molecule has 2 fully saturated rings. The molecule has 2 heterocycles. The van der Waals surface area contributed by atoms with Crippen molar-refractivity contribution in [3.05, 3.63) is 65.2 Å². The third kappa shape index (κ3) is 6.93. The molecule has 0 unspecified atom stereocenters. The highest BCUT2D eigenvalue weighted by atomic mass is 32.2. The van der Waals surface area contributed by atoms with Crippen molar-refractivity contribution >= 4 is 29.4 Å². The molecule has 1 N–H and O–H groups in total. The lowest BCUT2D eigenvalue weighted by atomic mass is 9.98. The number of ether oxygens (including phenoxy) is 1. The van der Waals surface area contributed by atoms with Crippen molar-refractivity contribution in [3.8, 4) is 5.75 Å². The third-order valence-electron chi connectivity index (χ3n) is 6.21. The number of likely N-dealkylation sites (tertiary alicyclic amines) is 1. The zero-order valence-corrected chi connectivity index (χ0v) is 20.6. The van der Waals surface area contributed by atoms with Gasteiger partial charge in [0.05, 0.1) is 4.58 Å². The number of hydrogen-bond acceptors (Lipinski definition) is 5. The summed E-state index contributed by atoms with van der Waals surface area (Å²) in [5.41, 5.74) is 3.82. The van der Waals surface area contributed by atoms with Crippen LogP contribution in [0.15, 0.2) is 48.5 Å². The van der Waals surface area contributed by atoms with E-state index in [2.05, 4.69) is 47.5 Å². The zero-order valence-electron chi connectivity index (χ0n) is 18.9. The molecule has 6 heteroatoms. The lowest BCUT2D eigenvalue weighted by molar-refractivity contribution is -0.123. The predicted octanol–water partition coefficient (Wildman–Crippen LogP) is 5.48. The van der Waals surface area contributed by atoms with E-state index in [9.17, 15) is 4.79 Å². The lowest BCUT2D eigenvalue weighted by Gasteiger charge is -2.30. The second-order valence-corrected chi connectivity index (χ2v) is 11.5. The Kier molecular flexibility index (Phi) is 8.83. The average Bonchev–Trinajstić information content (AvgIpc) is 2.84. The van der Waals surface area contributed by atoms with Crippen LogP contribution in [0.25, 0.3) is 0 Å². The van der Waals surface area contributed by atoms with E-state index in [-0.39, 0.29) is 12.5 Å². The van der Waals surface area contributed by atoms with Gasteiger partial charge in [-0.25, -0.2) is 0 Å². The van der Waals surface area contributed by atoms with Gasteiger partial charge in [-0.2, -0.15) is 0 Å². The van der Waals surface area contributed by atoms with Crippen molar-refractivity contribution in [1.82, 2.24) is 10.2 Å². The first-order valence-corrected chi connectivity index (χ1v) is 13.8. The molecule has 2 aliphatic rings. The normalized spacial score (nSPS) is 18.4. The van der Waals surface area contributed by atoms with Gasteiger partial charge in [-0.05, 0) is 78.6 Å². The summed E-state index contributed by atoms with van der Waals surface area (Å²) in [5, 5.41) is 3.03. The molecule has 0 atom stereocenters. The molecule has 4 rings (SSSR count). The predicted molar refractivity (Wildman–Crippen MR) is 136 cm³/mol. The van der Waals surface area contributed by atoms with Gasteiger partial charge in [-0.3, -0.25) is 9.69 Å². The molecule has 2 saturated heterocycles. The van der Waals surface area contributed by atoms with Gasteiger partial charge in [0.1, 0.15) is 5.75 Å². The van der Waals surface area contributed by atoms with Crippen LogP contribution in [0.5, 0.6) is 5.75 Å². The number of nitrogens with zero attached hydrogens (tertiary/aromatic N) is 1. The fourth-order valence-corrected chi connectivity index (χ4v) is 7.03. The minimum atomic E-state index is -0.0888. The molecule has 32 heavy (non-hydrogen) atoms. The number of thioether (sulfide) groups is 2. The van der Waals surface area contributed by atoms with Crippen LogP contribution in [-0.4, -0.2) is 42.0 Å². The quantitative estimate of drug-likeness (QED) is 0.553. The lowest BCUT2D eigenvalue weighted by Crippen LogP contribution is -2.33. The van der Waals surface area contributed by atoms with E-state index in [0.717, 1.165) is 31.3 Å². The Balaban J connectivity index is 1.23. The summed E-state index contributed by atoms with van der Waals surface area (Å²) in [6.45, 7) is 6.20. The van der Waals surface area contributed by atoms with Gasteiger partial charge in [-0.15, -0.1) is 23.5 Å². The molecule has 2 aliphatic heterocycles. The Bertz CT molecular complexity index is 860. The molecule has 0 aromatic heterocycles. The smallest absolute Gasteiger partial charge is 0.258 e. The molecule has 172 valence electrons. The fourth-order valence-electron chi connectivity index (χ4n) is 4.14. The number of piperidine rings is 1. The molecule has 2 aromatic rings. The van der Waals surface area contributed by atoms with Crippen molar-refractivity contribution in [1.29, 1.82) is 0 Å². The van der Waals surface area contributed by atoms with E-state index in [0.29, 0.717) is 11.1 Å². The Labute approximate surface area is 200 Å². The molecule has 0 radical (unpaired) electrons. The average molecular weight is 471 g/mol. The van der Waals surface area contributed by atoms with E-state index in [1.54, 1.807) is 0 Å². The highest BCUT2D eigenvalue weighted by Gasteiger charge is 2.18. The van der Waals surface area contributed by atoms with Crippen molar-refractivity contribution in [2.75, 3.05) is 31.2 Å². The topological polar surface area (TPSA) is 41.6 Å². The summed E-state index contributed by atoms with van der Waals surface area (Å²) in [4.78, 5) is 14.9. The summed E-state index contributed by atoms with van der Waals surface area (Å²) >= 11 is 4.02. The molecule has 0 bridgehead atoms. The Morgan fingerprint density at radius 1 is 1.03 bits per heavy atom. The van der Waals surface area contributed by atoms with E-state index >= 15 is 0 Å². The number of benzene rings is 2. The van der Waals surface area contributed by atoms with Crippen LogP contribution < -0.4 is 10.1 Å². The molecule has 0 saturated carbocycles. The van der Waals surface area contributed by atoms with Crippen molar-refractivity contribution in [2.45, 2.75) is 43.9 Å². The van der Waals surface area contributed by atoms with Crippen LogP contribution in [-0.2, 0) is 17.9 Å². The van der Waals surface area contributed by atoms with E-state index in [4.69, 9.17) is 4.74 Å². The molecule has 1 amide bonds. The summed E-state index contributed by atoms with van der Waals surface area (Å²) in [7, 11) is 0. The van der Waals surface area contributed by atoms with Crippen LogP contribution in [0.4, 0.5) is 0 Å². The summed E-state index contributed by atoms with van der Waals surface area (Å²) in [6.07, 6.45) is 3.84. The van der Waals surface area contributed by atoms with Crippen LogP contribution in [0.3, 0.4) is 0 Å². The molecular formula is C26H34N2O2S2. The van der Waals surface area contributed by atoms with Crippen LogP contribution in [0.1, 0.15) is 47.5 Å². The largest absolute Gasteiger partial charge is 0.484 e. The van der Waals surface area contributed by atoms with Crippen molar-refractivity contribution in [3.63, 3.8) is 0 Å². The standard InChI is InChI=1S/C26H34N2O2S2/c1-20-11-13-28(14-12-20)18-23-6-3-2-5-22(23)17-27-25(29)19-30-24-9-7-21(8-10-24)26-31-15-4-16-32-26/h2-3,5-10,20,26H,4,11-19H2,1H3,(H,27,29). The highest BCUT2D eigenvalue weighted by molar-refractivity contribution is 8.16. The third-order valence-corrected chi connectivity index (χ3v) is 9.23. The summed E-state index contributed by atoms with van der Waals surface area (Å²) in [5.74, 6) is 3.96. The van der Waals surface area contributed by atoms with Crippen LogP contribution in [0, 0.1) is 5.92 Å². The number of hydrogen-bond donors (Lipinski definition) is 1. The molecule has 0 spiro atoms. The number of amides is 1. The van der Waals surface area contributed by atoms with Crippen LogP contribution in [0.2, 0.25) is 0 Å². The molecule has 4 nitrogen and oxygen atoms in total. The van der Waals surface area contributed by atoms with Gasteiger partial charge in [0.2, 0.25) is 0 Å². The number of rotatable bonds is 8. The van der Waals surface area contributed by atoms with Crippen molar-refractivity contribution < 1.29 is 9.53 Å². The van der Waals surface area contributed by atoms with Gasteiger partial charge >= 0.3 is 0 Å². The number of nitrogens with one attached hydrogen (secondary N) is 1. The maximum atomic E-state index is 12.4. The van der Waals surface area contributed by atoms with Gasteiger partial charge in [0, 0.05) is 13.1 Å². The summed E-state index contributed by atoms with van der Waals surface area (Å²) in [6, 6.07) is 16.6. The second kappa shape index (κ2) is 12.0. The fraction of sp³-hybridized carbons (Fsp3) is 0.500. The number of carbonyl (C=O) groups is 1. The SMILES string of the molecule is CC1CCN(Cc2ccccc2CNC(=O)COc2ccc(C3SCCCS3)cc2)CC1. The first-order chi connectivity index (χ1) is 15.7. The first kappa shape index (κ1) is 23.5. The molecule has 0 aliphatic carbocycles. The van der Waals surface area contributed by atoms with Gasteiger partial charge in [0.25, 0.3) is 5.91 Å². The zero-order chi connectivity index (χ0) is 22.2. The Morgan fingerprint density at radius 2 is 1.72 bits per heavy atom. The highest BCUT2D eigenvalue weighted by Crippen LogP contribution is 2.43. The molecular weight excluding hydrogens is 436 g/mol. The monoisotopic (exact) mass is 470 g/mol. The van der Waals surface area contributed by atoms with E-state index in [1.165, 1.54) is 47.5 Å². The second-order valence-electron chi connectivity index (χ2n) is 8.79. The minimum absolute atomic E-state index is 0.0401. The summed E-state index contributed by atoms with van der Waals surface area (Å²) < 4.78 is 6.25. The maximum absolute atomic E-state index is 12.4. The van der Waals surface area contributed by atoms with Gasteiger partial charge < -0.3 is 10.1 Å². The Hall–Kier alpha value is -1.63. The Morgan fingerprint density at radius 3 is 2.44 bits per heavy atom. The van der Waals surface area contributed by atoms with E-state index in [1.807, 2.05) is 41.7 Å².